The zero-order valence-corrected chi connectivity index (χ0v) is 20.7. The van der Waals surface area contributed by atoms with Gasteiger partial charge in [0.2, 0.25) is 0 Å². The van der Waals surface area contributed by atoms with Crippen LogP contribution in [0.3, 0.4) is 0 Å². The van der Waals surface area contributed by atoms with Gasteiger partial charge in [0.1, 0.15) is 11.9 Å². The lowest BCUT2D eigenvalue weighted by atomic mass is 9.57. The molecule has 5 rings (SSSR count). The predicted molar refractivity (Wildman–Crippen MR) is 134 cm³/mol. The van der Waals surface area contributed by atoms with Gasteiger partial charge >= 0.3 is 12.1 Å². The number of cyclic esters (lactones) is 1. The van der Waals surface area contributed by atoms with Gasteiger partial charge in [0, 0.05) is 23.7 Å². The average molecular weight is 493 g/mol. The highest BCUT2D eigenvalue weighted by atomic mass is 19.1. The van der Waals surface area contributed by atoms with Crippen molar-refractivity contribution in [3.05, 3.63) is 60.2 Å². The molecule has 0 bridgehead atoms. The number of nitrogens with one attached hydrogen (secondary N) is 1. The van der Waals surface area contributed by atoms with Gasteiger partial charge in [-0.2, -0.15) is 0 Å². The second-order valence-corrected chi connectivity index (χ2v) is 10.3. The molecule has 1 amide bonds. The molecule has 2 saturated carbocycles. The number of carbonyl (C=O) groups is 2. The van der Waals surface area contributed by atoms with Crippen LogP contribution >= 0.6 is 0 Å². The Bertz CT molecular complexity index is 1130. The largest absolute Gasteiger partial charge is 0.462 e. The van der Waals surface area contributed by atoms with Crippen molar-refractivity contribution in [2.24, 2.45) is 29.6 Å². The highest BCUT2D eigenvalue weighted by Gasteiger charge is 2.54. The number of hydrogen-bond acceptors (Lipinski definition) is 5. The molecule has 0 unspecified atom stereocenters. The number of carbonyl (C=O) groups excluding carboxylic acids is 2. The predicted octanol–water partition coefficient (Wildman–Crippen LogP) is 5.63. The van der Waals surface area contributed by atoms with Gasteiger partial charge in [-0.05, 0) is 87.1 Å². The number of halogens is 1. The summed E-state index contributed by atoms with van der Waals surface area (Å²) in [6.45, 7) is 4.15. The number of pyridine rings is 1. The molecule has 7 atom stereocenters. The highest BCUT2D eigenvalue weighted by Crippen LogP contribution is 2.53. The summed E-state index contributed by atoms with van der Waals surface area (Å²) in [5.74, 6) is 0.629. The summed E-state index contributed by atoms with van der Waals surface area (Å²) in [6.07, 6.45) is 9.07. The van der Waals surface area contributed by atoms with Crippen LogP contribution in [0.2, 0.25) is 0 Å². The minimum atomic E-state index is -0.368. The van der Waals surface area contributed by atoms with Crippen LogP contribution in [0, 0.1) is 35.4 Å². The lowest BCUT2D eigenvalue weighted by molar-refractivity contribution is -0.144. The van der Waals surface area contributed by atoms with E-state index in [0.29, 0.717) is 18.4 Å². The Labute approximate surface area is 211 Å². The second kappa shape index (κ2) is 10.4. The van der Waals surface area contributed by atoms with E-state index >= 15 is 0 Å². The number of aromatic nitrogens is 1. The second-order valence-electron chi connectivity index (χ2n) is 10.3. The molecule has 3 fully saturated rings. The van der Waals surface area contributed by atoms with Crippen LogP contribution < -0.4 is 5.32 Å². The fraction of sp³-hybridized carbons (Fsp3) is 0.483. The number of nitrogens with zero attached hydrogens (tertiary/aromatic N) is 1. The van der Waals surface area contributed by atoms with Gasteiger partial charge in [-0.25, -0.2) is 9.18 Å². The van der Waals surface area contributed by atoms with Crippen LogP contribution in [0.15, 0.2) is 48.7 Å². The van der Waals surface area contributed by atoms with Crippen LogP contribution in [-0.2, 0) is 14.3 Å². The Morgan fingerprint density at radius 3 is 2.83 bits per heavy atom. The van der Waals surface area contributed by atoms with Crippen molar-refractivity contribution in [3.8, 4) is 11.1 Å². The first-order valence-corrected chi connectivity index (χ1v) is 13.0. The Morgan fingerprint density at radius 1 is 1.22 bits per heavy atom. The molecule has 6 nitrogen and oxygen atoms in total. The van der Waals surface area contributed by atoms with Crippen LogP contribution in [0.4, 0.5) is 9.18 Å². The number of amides is 1. The van der Waals surface area contributed by atoms with Crippen LogP contribution in [0.5, 0.6) is 0 Å². The summed E-state index contributed by atoms with van der Waals surface area (Å²) < 4.78 is 24.3. The fourth-order valence-electron chi connectivity index (χ4n) is 6.64. The SMILES string of the molecule is CCOC(=O)N[C@H]1CC[C@H]2[C@H](C1)C[C@@H]1C(=O)O[C@@H](C)[C@H]1[C@@H]2/C=C/c1ccc(-c2cccc(F)c2)cn1. The number of benzene rings is 1. The summed E-state index contributed by atoms with van der Waals surface area (Å²) in [5.41, 5.74) is 2.48. The number of alkyl carbamates (subject to hydrolysis) is 1. The van der Waals surface area contributed by atoms with Crippen molar-refractivity contribution < 1.29 is 23.5 Å². The first kappa shape index (κ1) is 24.5. The van der Waals surface area contributed by atoms with Gasteiger partial charge in [0.05, 0.1) is 18.2 Å². The van der Waals surface area contributed by atoms with E-state index in [-0.39, 0.29) is 47.8 Å². The monoisotopic (exact) mass is 492 g/mol. The number of fused-ring (bicyclic) bond motifs is 2. The van der Waals surface area contributed by atoms with Gasteiger partial charge in [0.15, 0.2) is 0 Å². The molecule has 0 spiro atoms. The third-order valence-electron chi connectivity index (χ3n) is 8.18. The number of hydrogen-bond donors (Lipinski definition) is 1. The summed E-state index contributed by atoms with van der Waals surface area (Å²) in [5, 5.41) is 3.00. The standard InChI is InChI=1S/C29H33FN2O4/c1-3-35-29(34)32-23-10-11-24-20(14-23)15-26-27(17(2)36-28(26)33)25(24)12-9-22-8-7-19(16-31-22)18-5-4-6-21(30)13-18/h4-9,12-13,16-17,20,23-27H,3,10-11,14-15H2,1-2H3,(H,32,34)/b12-9+/t17-,20+,23-,24-,25+,26-,27-/m0/s1. The molecule has 2 aromatic rings. The van der Waals surface area contributed by atoms with E-state index < -0.39 is 0 Å². The van der Waals surface area contributed by atoms with Crippen LogP contribution in [0.25, 0.3) is 17.2 Å². The average Bonchev–Trinajstić information content (AvgIpc) is 3.15. The lowest BCUT2D eigenvalue weighted by Crippen LogP contribution is -2.48. The van der Waals surface area contributed by atoms with Crippen LogP contribution in [0.1, 0.15) is 45.2 Å². The molecule has 1 saturated heterocycles. The summed E-state index contributed by atoms with van der Waals surface area (Å²) >= 11 is 0. The van der Waals surface area contributed by atoms with E-state index in [2.05, 4.69) is 16.4 Å². The van der Waals surface area contributed by atoms with Crippen LogP contribution in [-0.4, -0.2) is 35.8 Å². The number of ether oxygens (including phenoxy) is 2. The first-order valence-electron chi connectivity index (χ1n) is 13.0. The van der Waals surface area contributed by atoms with Crippen molar-refractivity contribution >= 4 is 18.1 Å². The van der Waals surface area contributed by atoms with Gasteiger partial charge in [0.25, 0.3) is 0 Å². The zero-order chi connectivity index (χ0) is 25.2. The van der Waals surface area contributed by atoms with Gasteiger partial charge in [-0.3, -0.25) is 9.78 Å². The normalized spacial score (nSPS) is 31.4. The molecule has 190 valence electrons. The minimum absolute atomic E-state index is 0.0679. The zero-order valence-electron chi connectivity index (χ0n) is 20.7. The van der Waals surface area contributed by atoms with E-state index in [9.17, 15) is 14.0 Å². The molecule has 2 aliphatic carbocycles. The number of allylic oxidation sites excluding steroid dienone is 1. The van der Waals surface area contributed by atoms with E-state index in [1.165, 1.54) is 12.1 Å². The third-order valence-corrected chi connectivity index (χ3v) is 8.18. The van der Waals surface area contributed by atoms with Crippen molar-refractivity contribution in [2.45, 2.75) is 51.7 Å². The van der Waals surface area contributed by atoms with E-state index in [0.717, 1.165) is 42.5 Å². The van der Waals surface area contributed by atoms with Crippen molar-refractivity contribution in [2.75, 3.05) is 6.61 Å². The van der Waals surface area contributed by atoms with Crippen molar-refractivity contribution in [3.63, 3.8) is 0 Å². The Hall–Kier alpha value is -3.22. The molecular weight excluding hydrogens is 459 g/mol. The van der Waals surface area contributed by atoms with Crippen molar-refractivity contribution in [1.82, 2.24) is 10.3 Å². The molecule has 2 heterocycles. The van der Waals surface area contributed by atoms with E-state index in [1.54, 1.807) is 19.2 Å². The molecule has 36 heavy (non-hydrogen) atoms. The summed E-state index contributed by atoms with van der Waals surface area (Å²) in [6, 6.07) is 10.4. The fourth-order valence-corrected chi connectivity index (χ4v) is 6.64. The first-order chi connectivity index (χ1) is 17.4. The molecule has 1 N–H and O–H groups in total. The highest BCUT2D eigenvalue weighted by molar-refractivity contribution is 5.75. The molecule has 0 radical (unpaired) electrons. The minimum Gasteiger partial charge on any atom is -0.462 e. The number of rotatable bonds is 5. The Morgan fingerprint density at radius 2 is 2.08 bits per heavy atom. The van der Waals surface area contributed by atoms with Gasteiger partial charge in [-0.1, -0.05) is 24.3 Å². The van der Waals surface area contributed by atoms with Gasteiger partial charge in [-0.15, -0.1) is 0 Å². The van der Waals surface area contributed by atoms with Gasteiger partial charge < -0.3 is 14.8 Å². The van der Waals surface area contributed by atoms with E-state index in [4.69, 9.17) is 9.47 Å². The topological polar surface area (TPSA) is 77.5 Å². The summed E-state index contributed by atoms with van der Waals surface area (Å²) in [4.78, 5) is 29.2. The number of esters is 1. The molecule has 3 aliphatic rings. The maximum absolute atomic E-state index is 13.6. The molecular formula is C29H33FN2O4. The molecule has 1 aromatic carbocycles. The quantitative estimate of drug-likeness (QED) is 0.548. The van der Waals surface area contributed by atoms with Crippen molar-refractivity contribution in [1.29, 1.82) is 0 Å². The van der Waals surface area contributed by atoms with E-state index in [1.807, 2.05) is 31.2 Å². The molecule has 7 heteroatoms. The third kappa shape index (κ3) is 5.01. The molecule has 1 aromatic heterocycles. The Balaban J connectivity index is 1.34. The lowest BCUT2D eigenvalue weighted by Gasteiger charge is -2.47. The maximum Gasteiger partial charge on any atom is 0.407 e. The smallest absolute Gasteiger partial charge is 0.407 e. The maximum atomic E-state index is 13.6. The summed E-state index contributed by atoms with van der Waals surface area (Å²) in [7, 11) is 0. The Kier molecular flexibility index (Phi) is 7.08. The molecule has 1 aliphatic heterocycles.